The summed E-state index contributed by atoms with van der Waals surface area (Å²) in [5, 5.41) is 2.19. The van der Waals surface area contributed by atoms with Gasteiger partial charge in [0.05, 0.1) is 11.4 Å². The van der Waals surface area contributed by atoms with Crippen molar-refractivity contribution < 1.29 is 4.42 Å². The number of nitrogens with zero attached hydrogens (tertiary/aromatic N) is 2. The zero-order chi connectivity index (χ0) is 36.3. The van der Waals surface area contributed by atoms with Crippen molar-refractivity contribution in [2.45, 2.75) is 37.5 Å². The van der Waals surface area contributed by atoms with Gasteiger partial charge in [-0.05, 0) is 63.9 Å². The monoisotopic (exact) mass is 706 g/mol. The van der Waals surface area contributed by atoms with Crippen molar-refractivity contribution in [3.8, 4) is 67.3 Å². The Morgan fingerprint density at radius 2 is 0.945 bits per heavy atom. The minimum absolute atomic E-state index is 0.0954. The molecule has 1 saturated carbocycles. The van der Waals surface area contributed by atoms with E-state index in [0.29, 0.717) is 5.82 Å². The van der Waals surface area contributed by atoms with Crippen LogP contribution in [0.4, 0.5) is 0 Å². The van der Waals surface area contributed by atoms with Crippen molar-refractivity contribution >= 4 is 21.9 Å². The lowest BCUT2D eigenvalue weighted by molar-refractivity contribution is 0.353. The largest absolute Gasteiger partial charge is 0.455 e. The molecular weight excluding hydrogens is 669 g/mol. The molecule has 55 heavy (non-hydrogen) atoms. The molecule has 1 spiro atoms. The van der Waals surface area contributed by atoms with Gasteiger partial charge in [0.25, 0.3) is 0 Å². The van der Waals surface area contributed by atoms with Gasteiger partial charge in [-0.2, -0.15) is 0 Å². The average Bonchev–Trinajstić information content (AvgIpc) is 3.78. The first-order chi connectivity index (χ1) is 27.2. The Bertz CT molecular complexity index is 2880. The lowest BCUT2D eigenvalue weighted by atomic mass is 9.68. The molecule has 2 aliphatic carbocycles. The Morgan fingerprint density at radius 1 is 0.400 bits per heavy atom. The molecule has 0 aliphatic heterocycles. The molecule has 0 bridgehead atoms. The third kappa shape index (κ3) is 5.11. The number of para-hydroxylation sites is 2. The van der Waals surface area contributed by atoms with Gasteiger partial charge >= 0.3 is 0 Å². The third-order valence-electron chi connectivity index (χ3n) is 12.1. The van der Waals surface area contributed by atoms with E-state index in [-0.39, 0.29) is 5.41 Å². The van der Waals surface area contributed by atoms with E-state index in [1.807, 2.05) is 12.1 Å². The van der Waals surface area contributed by atoms with Gasteiger partial charge in [0.15, 0.2) is 5.82 Å². The second kappa shape index (κ2) is 12.8. The molecule has 0 radical (unpaired) electrons. The minimum atomic E-state index is 0.0954. The molecule has 0 unspecified atom stereocenters. The zero-order valence-corrected chi connectivity index (χ0v) is 30.5. The molecular formula is C52H38N2O. The predicted molar refractivity (Wildman–Crippen MR) is 226 cm³/mol. The van der Waals surface area contributed by atoms with Crippen LogP contribution in [-0.4, -0.2) is 9.97 Å². The van der Waals surface area contributed by atoms with Crippen LogP contribution in [0.25, 0.3) is 89.2 Å². The molecule has 0 amide bonds. The van der Waals surface area contributed by atoms with Crippen molar-refractivity contribution in [1.82, 2.24) is 9.97 Å². The van der Waals surface area contributed by atoms with E-state index in [4.69, 9.17) is 14.4 Å². The SMILES string of the molecule is c1ccc(-c2ccc(-c3nc(-c4ccccc4)cc(-c4cccc5c4oc4c(-c6cccc7c6-c6ccccc6C76CCCCC6)cccc45)n3)cc2)cc1. The smallest absolute Gasteiger partial charge is 0.160 e. The molecule has 1 fully saturated rings. The van der Waals surface area contributed by atoms with E-state index in [9.17, 15) is 0 Å². The van der Waals surface area contributed by atoms with E-state index >= 15 is 0 Å². The number of hydrogen-bond acceptors (Lipinski definition) is 3. The summed E-state index contributed by atoms with van der Waals surface area (Å²) in [7, 11) is 0. The van der Waals surface area contributed by atoms with E-state index in [1.54, 1.807) is 0 Å². The van der Waals surface area contributed by atoms with Gasteiger partial charge in [-0.3, -0.25) is 0 Å². The highest BCUT2D eigenvalue weighted by Gasteiger charge is 2.44. The van der Waals surface area contributed by atoms with Crippen molar-refractivity contribution in [2.75, 3.05) is 0 Å². The predicted octanol–water partition coefficient (Wildman–Crippen LogP) is 13.9. The molecule has 262 valence electrons. The first kappa shape index (κ1) is 31.9. The van der Waals surface area contributed by atoms with Gasteiger partial charge in [-0.1, -0.05) is 177 Å². The van der Waals surface area contributed by atoms with Gasteiger partial charge in [-0.15, -0.1) is 0 Å². The number of aromatic nitrogens is 2. The van der Waals surface area contributed by atoms with E-state index in [0.717, 1.165) is 61.1 Å². The van der Waals surface area contributed by atoms with Crippen LogP contribution in [-0.2, 0) is 5.41 Å². The third-order valence-corrected chi connectivity index (χ3v) is 12.1. The highest BCUT2D eigenvalue weighted by molar-refractivity contribution is 6.14. The van der Waals surface area contributed by atoms with Crippen LogP contribution >= 0.6 is 0 Å². The van der Waals surface area contributed by atoms with Crippen molar-refractivity contribution in [3.05, 3.63) is 181 Å². The summed E-state index contributed by atoms with van der Waals surface area (Å²) >= 11 is 0. The maximum atomic E-state index is 7.10. The Hall–Kier alpha value is -6.58. The summed E-state index contributed by atoms with van der Waals surface area (Å²) < 4.78 is 7.10. The van der Waals surface area contributed by atoms with Crippen LogP contribution < -0.4 is 0 Å². The van der Waals surface area contributed by atoms with E-state index in [2.05, 4.69) is 158 Å². The molecule has 3 heteroatoms. The summed E-state index contributed by atoms with van der Waals surface area (Å²) in [5.74, 6) is 0.680. The Morgan fingerprint density at radius 3 is 1.71 bits per heavy atom. The molecule has 2 aliphatic rings. The Balaban J connectivity index is 1.09. The molecule has 11 rings (SSSR count). The fourth-order valence-electron chi connectivity index (χ4n) is 9.57. The van der Waals surface area contributed by atoms with Crippen LogP contribution in [0, 0.1) is 0 Å². The minimum Gasteiger partial charge on any atom is -0.455 e. The first-order valence-electron chi connectivity index (χ1n) is 19.5. The zero-order valence-electron chi connectivity index (χ0n) is 30.5. The molecule has 0 atom stereocenters. The number of hydrogen-bond donors (Lipinski definition) is 0. The number of fused-ring (bicyclic) bond motifs is 8. The topological polar surface area (TPSA) is 38.9 Å². The van der Waals surface area contributed by atoms with Crippen molar-refractivity contribution in [1.29, 1.82) is 0 Å². The first-order valence-corrected chi connectivity index (χ1v) is 19.5. The van der Waals surface area contributed by atoms with Crippen molar-refractivity contribution in [2.24, 2.45) is 0 Å². The lowest BCUT2D eigenvalue weighted by Crippen LogP contribution is -2.27. The summed E-state index contributed by atoms with van der Waals surface area (Å²) in [6.07, 6.45) is 6.29. The van der Waals surface area contributed by atoms with Gasteiger partial charge in [0.2, 0.25) is 0 Å². The fraction of sp³-hybridized carbons (Fsp3) is 0.115. The maximum absolute atomic E-state index is 7.10. The van der Waals surface area contributed by atoms with Gasteiger partial charge < -0.3 is 4.42 Å². The summed E-state index contributed by atoms with van der Waals surface area (Å²) in [5.41, 5.74) is 17.0. The highest BCUT2D eigenvalue weighted by Crippen LogP contribution is 2.58. The van der Waals surface area contributed by atoms with Gasteiger partial charge in [0.1, 0.15) is 11.2 Å². The van der Waals surface area contributed by atoms with Crippen LogP contribution in [0.2, 0.25) is 0 Å². The number of rotatable bonds is 5. The van der Waals surface area contributed by atoms with Crippen LogP contribution in [0.15, 0.2) is 174 Å². The summed E-state index contributed by atoms with van der Waals surface area (Å²) in [6, 6.07) is 60.7. The summed E-state index contributed by atoms with van der Waals surface area (Å²) in [6.45, 7) is 0. The second-order valence-corrected chi connectivity index (χ2v) is 15.2. The molecule has 3 nitrogen and oxygen atoms in total. The molecule has 7 aromatic carbocycles. The maximum Gasteiger partial charge on any atom is 0.160 e. The normalized spacial score (nSPS) is 14.3. The molecule has 9 aromatic rings. The molecule has 2 heterocycles. The molecule has 0 saturated heterocycles. The van der Waals surface area contributed by atoms with Gasteiger partial charge in [0, 0.05) is 38.4 Å². The van der Waals surface area contributed by atoms with E-state index in [1.165, 1.54) is 65.5 Å². The molecule has 2 aromatic heterocycles. The Labute approximate surface area is 321 Å². The van der Waals surface area contributed by atoms with Crippen LogP contribution in [0.5, 0.6) is 0 Å². The standard InChI is InChI=1S/C52H38N2O/c1-4-15-34(16-5-1)35-27-29-37(30-28-35)51-53-46(36-17-6-2-7-18-36)33-47(54-51)43-24-13-23-41-40-22-12-21-39(49(40)55-50(41)43)38-20-14-26-45-48(38)42-19-8-9-25-44(42)52(45)31-10-3-11-32-52/h1-2,4-9,12-30,33H,3,10-11,31-32H2. The van der Waals surface area contributed by atoms with Crippen LogP contribution in [0.3, 0.4) is 0 Å². The summed E-state index contributed by atoms with van der Waals surface area (Å²) in [4.78, 5) is 10.4. The van der Waals surface area contributed by atoms with Crippen molar-refractivity contribution in [3.63, 3.8) is 0 Å². The number of benzene rings is 7. The quantitative estimate of drug-likeness (QED) is 0.179. The van der Waals surface area contributed by atoms with E-state index < -0.39 is 0 Å². The van der Waals surface area contributed by atoms with Gasteiger partial charge in [-0.25, -0.2) is 9.97 Å². The van der Waals surface area contributed by atoms with Crippen LogP contribution in [0.1, 0.15) is 43.2 Å². The highest BCUT2D eigenvalue weighted by atomic mass is 16.3. The fourth-order valence-corrected chi connectivity index (χ4v) is 9.57. The number of furan rings is 1. The second-order valence-electron chi connectivity index (χ2n) is 15.2. The average molecular weight is 707 g/mol. The lowest BCUT2D eigenvalue weighted by Gasteiger charge is -2.36. The molecule has 0 N–H and O–H groups in total. The Kier molecular flexibility index (Phi) is 7.41.